The van der Waals surface area contributed by atoms with Crippen LogP contribution in [0.15, 0.2) is 42.5 Å². The summed E-state index contributed by atoms with van der Waals surface area (Å²) in [7, 11) is 0. The predicted molar refractivity (Wildman–Crippen MR) is 60.8 cm³/mol. The lowest BCUT2D eigenvalue weighted by Gasteiger charge is -1.98. The highest BCUT2D eigenvalue weighted by atomic mass is 19.3. The summed E-state index contributed by atoms with van der Waals surface area (Å²) in [5.41, 5.74) is 1.94. The monoisotopic (exact) mass is 217 g/mol. The molecule has 0 saturated carbocycles. The van der Waals surface area contributed by atoms with E-state index in [0.717, 1.165) is 21.8 Å². The molecule has 0 aliphatic rings. The van der Waals surface area contributed by atoms with Crippen LogP contribution in [0.4, 0.5) is 8.78 Å². The first-order valence-electron chi connectivity index (χ1n) is 5.04. The summed E-state index contributed by atoms with van der Waals surface area (Å²) in [6.45, 7) is 0. The van der Waals surface area contributed by atoms with E-state index in [9.17, 15) is 8.78 Å². The van der Waals surface area contributed by atoms with Gasteiger partial charge in [0.25, 0.3) is 6.43 Å². The first kappa shape index (κ1) is 9.33. The standard InChI is InChI=1S/C13H9F2N/c14-13(15)8-5-6-12-10(7-8)9-3-1-2-4-11(9)16-12/h1-7,13,16H. The minimum atomic E-state index is -2.42. The van der Waals surface area contributed by atoms with Crippen LogP contribution in [0.2, 0.25) is 0 Å². The van der Waals surface area contributed by atoms with Crippen molar-refractivity contribution < 1.29 is 8.78 Å². The topological polar surface area (TPSA) is 15.8 Å². The zero-order valence-corrected chi connectivity index (χ0v) is 8.37. The van der Waals surface area contributed by atoms with E-state index in [4.69, 9.17) is 0 Å². The van der Waals surface area contributed by atoms with Crippen molar-refractivity contribution in [3.8, 4) is 0 Å². The zero-order chi connectivity index (χ0) is 11.1. The van der Waals surface area contributed by atoms with E-state index >= 15 is 0 Å². The second-order valence-electron chi connectivity index (χ2n) is 3.78. The number of rotatable bonds is 1. The molecule has 80 valence electrons. The molecule has 1 N–H and O–H groups in total. The number of para-hydroxylation sites is 1. The molecule has 0 unspecified atom stereocenters. The van der Waals surface area contributed by atoms with Crippen molar-refractivity contribution in [2.24, 2.45) is 0 Å². The van der Waals surface area contributed by atoms with Crippen LogP contribution in [0.25, 0.3) is 21.8 Å². The van der Waals surface area contributed by atoms with E-state index < -0.39 is 6.43 Å². The number of halogens is 2. The molecule has 3 heteroatoms. The maximum absolute atomic E-state index is 12.6. The number of fused-ring (bicyclic) bond motifs is 3. The van der Waals surface area contributed by atoms with E-state index in [1.165, 1.54) is 6.07 Å². The highest BCUT2D eigenvalue weighted by Crippen LogP contribution is 2.29. The van der Waals surface area contributed by atoms with Crippen LogP contribution in [0.1, 0.15) is 12.0 Å². The highest BCUT2D eigenvalue weighted by Gasteiger charge is 2.09. The van der Waals surface area contributed by atoms with Crippen LogP contribution in [-0.4, -0.2) is 4.98 Å². The number of aromatic amines is 1. The van der Waals surface area contributed by atoms with Gasteiger partial charge in [-0.2, -0.15) is 0 Å². The van der Waals surface area contributed by atoms with Crippen molar-refractivity contribution in [1.29, 1.82) is 0 Å². The molecule has 1 aromatic heterocycles. The molecule has 0 bridgehead atoms. The van der Waals surface area contributed by atoms with Gasteiger partial charge in [0.2, 0.25) is 0 Å². The van der Waals surface area contributed by atoms with Gasteiger partial charge in [-0.3, -0.25) is 0 Å². The van der Waals surface area contributed by atoms with E-state index in [0.29, 0.717) is 0 Å². The summed E-state index contributed by atoms with van der Waals surface area (Å²) < 4.78 is 25.2. The fraction of sp³-hybridized carbons (Fsp3) is 0.0769. The summed E-state index contributed by atoms with van der Waals surface area (Å²) in [4.78, 5) is 3.20. The van der Waals surface area contributed by atoms with Gasteiger partial charge in [0, 0.05) is 27.4 Å². The van der Waals surface area contributed by atoms with Crippen LogP contribution < -0.4 is 0 Å². The number of H-pyrrole nitrogens is 1. The van der Waals surface area contributed by atoms with Crippen LogP contribution in [0.5, 0.6) is 0 Å². The third kappa shape index (κ3) is 1.28. The van der Waals surface area contributed by atoms with Gasteiger partial charge in [-0.25, -0.2) is 8.78 Å². The molecule has 3 rings (SSSR count). The van der Waals surface area contributed by atoms with E-state index in [1.807, 2.05) is 24.3 Å². The molecule has 0 fully saturated rings. The van der Waals surface area contributed by atoms with Crippen molar-refractivity contribution in [3.63, 3.8) is 0 Å². The Kier molecular flexibility index (Phi) is 1.93. The van der Waals surface area contributed by atoms with Crippen LogP contribution in [0, 0.1) is 0 Å². The third-order valence-electron chi connectivity index (χ3n) is 2.78. The second kappa shape index (κ2) is 3.30. The smallest absolute Gasteiger partial charge is 0.263 e. The van der Waals surface area contributed by atoms with Crippen molar-refractivity contribution in [2.75, 3.05) is 0 Å². The number of benzene rings is 2. The van der Waals surface area contributed by atoms with Gasteiger partial charge in [0.1, 0.15) is 0 Å². The first-order chi connectivity index (χ1) is 7.75. The lowest BCUT2D eigenvalue weighted by atomic mass is 10.1. The minimum Gasteiger partial charge on any atom is -0.355 e. The first-order valence-corrected chi connectivity index (χ1v) is 5.04. The predicted octanol–water partition coefficient (Wildman–Crippen LogP) is 4.26. The fourth-order valence-corrected chi connectivity index (χ4v) is 2.00. The summed E-state index contributed by atoms with van der Waals surface area (Å²) in [5, 5.41) is 1.84. The number of nitrogens with one attached hydrogen (secondary N) is 1. The van der Waals surface area contributed by atoms with Crippen LogP contribution >= 0.6 is 0 Å². The minimum absolute atomic E-state index is 0.0669. The maximum Gasteiger partial charge on any atom is 0.263 e. The molecule has 0 aliphatic heterocycles. The van der Waals surface area contributed by atoms with Crippen molar-refractivity contribution >= 4 is 21.8 Å². The summed E-state index contributed by atoms with van der Waals surface area (Å²) in [6, 6.07) is 12.4. The molecule has 0 aliphatic carbocycles. The summed E-state index contributed by atoms with van der Waals surface area (Å²) >= 11 is 0. The SMILES string of the molecule is FC(F)c1ccc2[nH]c3ccccc3c2c1. The molecule has 2 aromatic carbocycles. The number of hydrogen-bond acceptors (Lipinski definition) is 0. The Balaban J connectivity index is 2.40. The molecular weight excluding hydrogens is 208 g/mol. The molecule has 0 amide bonds. The Labute approximate surface area is 90.7 Å². The number of aromatic nitrogens is 1. The maximum atomic E-state index is 12.6. The Hall–Kier alpha value is -1.90. The summed E-state index contributed by atoms with van der Waals surface area (Å²) in [6.07, 6.45) is -2.42. The van der Waals surface area contributed by atoms with Gasteiger partial charge >= 0.3 is 0 Å². The van der Waals surface area contributed by atoms with Gasteiger partial charge in [-0.15, -0.1) is 0 Å². The normalized spacial score (nSPS) is 11.7. The molecule has 1 heterocycles. The second-order valence-corrected chi connectivity index (χ2v) is 3.78. The van der Waals surface area contributed by atoms with Gasteiger partial charge < -0.3 is 4.98 Å². The summed E-state index contributed by atoms with van der Waals surface area (Å²) in [5.74, 6) is 0. The molecular formula is C13H9F2N. The molecule has 0 spiro atoms. The lowest BCUT2D eigenvalue weighted by Crippen LogP contribution is -1.82. The van der Waals surface area contributed by atoms with Crippen LogP contribution in [-0.2, 0) is 0 Å². The van der Waals surface area contributed by atoms with E-state index in [-0.39, 0.29) is 5.56 Å². The molecule has 16 heavy (non-hydrogen) atoms. The van der Waals surface area contributed by atoms with Crippen molar-refractivity contribution in [3.05, 3.63) is 48.0 Å². The molecule has 0 saturated heterocycles. The Morgan fingerprint density at radius 1 is 0.875 bits per heavy atom. The van der Waals surface area contributed by atoms with Gasteiger partial charge in [-0.1, -0.05) is 24.3 Å². The molecule has 0 atom stereocenters. The molecule has 0 radical (unpaired) electrons. The fourth-order valence-electron chi connectivity index (χ4n) is 2.00. The largest absolute Gasteiger partial charge is 0.355 e. The zero-order valence-electron chi connectivity index (χ0n) is 8.37. The van der Waals surface area contributed by atoms with Gasteiger partial charge in [-0.05, 0) is 18.2 Å². The van der Waals surface area contributed by atoms with E-state index in [2.05, 4.69) is 4.98 Å². The number of hydrogen-bond donors (Lipinski definition) is 1. The molecule has 3 aromatic rings. The van der Waals surface area contributed by atoms with Crippen molar-refractivity contribution in [2.45, 2.75) is 6.43 Å². The van der Waals surface area contributed by atoms with E-state index in [1.54, 1.807) is 12.1 Å². The lowest BCUT2D eigenvalue weighted by molar-refractivity contribution is 0.151. The average molecular weight is 217 g/mol. The average Bonchev–Trinajstić information content (AvgIpc) is 2.66. The Bertz CT molecular complexity index is 655. The Morgan fingerprint density at radius 2 is 1.62 bits per heavy atom. The number of alkyl halides is 2. The Morgan fingerprint density at radius 3 is 2.44 bits per heavy atom. The quantitative estimate of drug-likeness (QED) is 0.626. The van der Waals surface area contributed by atoms with Gasteiger partial charge in [0.05, 0.1) is 0 Å². The highest BCUT2D eigenvalue weighted by molar-refractivity contribution is 6.07. The van der Waals surface area contributed by atoms with Crippen molar-refractivity contribution in [1.82, 2.24) is 4.98 Å². The van der Waals surface area contributed by atoms with Gasteiger partial charge in [0.15, 0.2) is 0 Å². The van der Waals surface area contributed by atoms with Crippen LogP contribution in [0.3, 0.4) is 0 Å². The third-order valence-corrected chi connectivity index (χ3v) is 2.78. The molecule has 1 nitrogen and oxygen atoms in total.